The predicted molar refractivity (Wildman–Crippen MR) is 72.5 cm³/mol. The molecule has 8 heteroatoms. The van der Waals surface area contributed by atoms with Gasteiger partial charge in [0.1, 0.15) is 0 Å². The van der Waals surface area contributed by atoms with Crippen LogP contribution in [0.2, 0.25) is 0 Å². The number of rotatable bonds is 10. The molecule has 0 rings (SSSR count). The highest BCUT2D eigenvalue weighted by Crippen LogP contribution is 2.54. The first-order valence-corrected chi connectivity index (χ1v) is 8.27. The van der Waals surface area contributed by atoms with E-state index in [-0.39, 0.29) is 26.4 Å². The van der Waals surface area contributed by atoms with Crippen LogP contribution in [-0.2, 0) is 32.7 Å². The third kappa shape index (κ3) is 6.03. The molecule has 0 unspecified atom stereocenters. The van der Waals surface area contributed by atoms with Crippen LogP contribution in [0.5, 0.6) is 0 Å². The number of hydrogen-bond donors (Lipinski definition) is 0. The van der Waals surface area contributed by atoms with Crippen LogP contribution in [0.3, 0.4) is 0 Å². The largest absolute Gasteiger partial charge is 0.466 e. The summed E-state index contributed by atoms with van der Waals surface area (Å²) in [5.41, 5.74) is -1.30. The molecule has 0 aliphatic rings. The van der Waals surface area contributed by atoms with Gasteiger partial charge in [-0.05, 0) is 27.7 Å². The number of esters is 2. The molecule has 0 aromatic heterocycles. The summed E-state index contributed by atoms with van der Waals surface area (Å²) < 4.78 is 32.4. The topological polar surface area (TPSA) is 88.1 Å². The molecule has 20 heavy (non-hydrogen) atoms. The van der Waals surface area contributed by atoms with Crippen molar-refractivity contribution in [3.8, 4) is 0 Å². The Morgan fingerprint density at radius 3 is 1.80 bits per heavy atom. The molecule has 0 aromatic rings. The molecular formula is C12H23O7P. The number of ether oxygens (including phenoxy) is 2. The lowest BCUT2D eigenvalue weighted by Gasteiger charge is -2.24. The van der Waals surface area contributed by atoms with E-state index >= 15 is 0 Å². The Kier molecular flexibility index (Phi) is 9.46. The first kappa shape index (κ1) is 19.1. The van der Waals surface area contributed by atoms with E-state index < -0.39 is 31.6 Å². The molecule has 0 heterocycles. The fourth-order valence-electron chi connectivity index (χ4n) is 1.52. The van der Waals surface area contributed by atoms with Crippen molar-refractivity contribution in [3.05, 3.63) is 0 Å². The normalized spacial score (nSPS) is 12.8. The number of hydrogen-bond acceptors (Lipinski definition) is 7. The van der Waals surface area contributed by atoms with Crippen molar-refractivity contribution in [1.29, 1.82) is 0 Å². The number of carbonyl (C=O) groups is 2. The van der Waals surface area contributed by atoms with Crippen LogP contribution in [0.15, 0.2) is 0 Å². The molecule has 0 aromatic carbocycles. The zero-order valence-corrected chi connectivity index (χ0v) is 13.3. The van der Waals surface area contributed by atoms with Crippen LogP contribution in [-0.4, -0.2) is 44.0 Å². The second-order valence-corrected chi connectivity index (χ2v) is 5.87. The van der Waals surface area contributed by atoms with E-state index in [0.29, 0.717) is 0 Å². The SMILES string of the molecule is CCOC(=O)C[C@@H](C(=O)OCC)P(=O)(OCC)OCC. The summed E-state index contributed by atoms with van der Waals surface area (Å²) in [7, 11) is -3.77. The molecule has 0 aliphatic heterocycles. The van der Waals surface area contributed by atoms with Crippen LogP contribution in [0.25, 0.3) is 0 Å². The zero-order chi connectivity index (χ0) is 15.6. The fourth-order valence-corrected chi connectivity index (χ4v) is 3.38. The summed E-state index contributed by atoms with van der Waals surface area (Å²) in [6.45, 7) is 6.97. The zero-order valence-electron chi connectivity index (χ0n) is 12.4. The Bertz CT molecular complexity index is 346. The maximum absolute atomic E-state index is 12.6. The lowest BCUT2D eigenvalue weighted by molar-refractivity contribution is -0.149. The quantitative estimate of drug-likeness (QED) is 0.451. The molecule has 0 amide bonds. The third-order valence-corrected chi connectivity index (χ3v) is 4.62. The third-order valence-electron chi connectivity index (χ3n) is 2.22. The second kappa shape index (κ2) is 9.91. The highest BCUT2D eigenvalue weighted by molar-refractivity contribution is 7.55. The molecule has 118 valence electrons. The standard InChI is InChI=1S/C12H23O7P/c1-5-16-11(13)9-10(12(14)17-6-2)20(15,18-7-3)19-8-4/h10H,5-9H2,1-4H3/t10-/m0/s1. The van der Waals surface area contributed by atoms with E-state index in [1.54, 1.807) is 27.7 Å². The van der Waals surface area contributed by atoms with Gasteiger partial charge in [-0.25, -0.2) is 0 Å². The highest BCUT2D eigenvalue weighted by atomic mass is 31.2. The summed E-state index contributed by atoms with van der Waals surface area (Å²) in [6, 6.07) is 0. The van der Waals surface area contributed by atoms with Crippen molar-refractivity contribution >= 4 is 19.5 Å². The minimum absolute atomic E-state index is 0.0933. The second-order valence-electron chi connectivity index (χ2n) is 3.65. The van der Waals surface area contributed by atoms with Crippen LogP contribution in [0.4, 0.5) is 0 Å². The van der Waals surface area contributed by atoms with Gasteiger partial charge in [-0.15, -0.1) is 0 Å². The van der Waals surface area contributed by atoms with Crippen molar-refractivity contribution in [2.45, 2.75) is 39.8 Å². The summed E-state index contributed by atoms with van der Waals surface area (Å²) >= 11 is 0. The van der Waals surface area contributed by atoms with Crippen molar-refractivity contribution in [1.82, 2.24) is 0 Å². The minimum atomic E-state index is -3.77. The molecule has 0 spiro atoms. The van der Waals surface area contributed by atoms with Gasteiger partial charge in [0, 0.05) is 0 Å². The predicted octanol–water partition coefficient (Wildman–Crippen LogP) is 2.14. The fraction of sp³-hybridized carbons (Fsp3) is 0.833. The summed E-state index contributed by atoms with van der Waals surface area (Å²) in [5, 5.41) is 0. The smallest absolute Gasteiger partial charge is 0.345 e. The van der Waals surface area contributed by atoms with Crippen molar-refractivity contribution in [2.24, 2.45) is 0 Å². The Morgan fingerprint density at radius 2 is 1.40 bits per heavy atom. The average Bonchev–Trinajstić information content (AvgIpc) is 2.37. The van der Waals surface area contributed by atoms with Gasteiger partial charge in [0.15, 0.2) is 5.66 Å². The van der Waals surface area contributed by atoms with Gasteiger partial charge in [0.05, 0.1) is 32.8 Å². The van der Waals surface area contributed by atoms with Gasteiger partial charge < -0.3 is 18.5 Å². The van der Waals surface area contributed by atoms with Crippen molar-refractivity contribution in [2.75, 3.05) is 26.4 Å². The van der Waals surface area contributed by atoms with E-state index in [0.717, 1.165) is 0 Å². The van der Waals surface area contributed by atoms with Crippen molar-refractivity contribution < 1.29 is 32.7 Å². The first-order chi connectivity index (χ1) is 9.45. The Balaban J connectivity index is 5.19. The Labute approximate surface area is 119 Å². The Hall–Kier alpha value is -0.910. The molecule has 0 saturated heterocycles. The van der Waals surface area contributed by atoms with Crippen LogP contribution in [0.1, 0.15) is 34.1 Å². The van der Waals surface area contributed by atoms with Crippen LogP contribution >= 0.6 is 7.60 Å². The van der Waals surface area contributed by atoms with Gasteiger partial charge >= 0.3 is 19.5 Å². The Morgan fingerprint density at radius 1 is 0.900 bits per heavy atom. The molecule has 0 N–H and O–H groups in total. The molecule has 7 nitrogen and oxygen atoms in total. The molecule has 0 aliphatic carbocycles. The van der Waals surface area contributed by atoms with Crippen molar-refractivity contribution in [3.63, 3.8) is 0 Å². The van der Waals surface area contributed by atoms with E-state index in [1.165, 1.54) is 0 Å². The molecule has 1 atom stereocenters. The minimum Gasteiger partial charge on any atom is -0.466 e. The monoisotopic (exact) mass is 310 g/mol. The highest BCUT2D eigenvalue weighted by Gasteiger charge is 2.44. The number of carbonyl (C=O) groups excluding carboxylic acids is 2. The molecule has 0 bridgehead atoms. The lowest BCUT2D eigenvalue weighted by atomic mass is 10.3. The van der Waals surface area contributed by atoms with Gasteiger partial charge in [-0.1, -0.05) is 0 Å². The molecule has 0 saturated carbocycles. The maximum Gasteiger partial charge on any atom is 0.345 e. The van der Waals surface area contributed by atoms with Gasteiger partial charge in [0.2, 0.25) is 0 Å². The van der Waals surface area contributed by atoms with Gasteiger partial charge in [0.25, 0.3) is 0 Å². The summed E-state index contributed by atoms with van der Waals surface area (Å²) in [6.07, 6.45) is -0.399. The van der Waals surface area contributed by atoms with Crippen LogP contribution in [0, 0.1) is 0 Å². The molecule has 0 fully saturated rings. The lowest BCUT2D eigenvalue weighted by Crippen LogP contribution is -2.29. The first-order valence-electron chi connectivity index (χ1n) is 6.66. The van der Waals surface area contributed by atoms with Gasteiger partial charge in [-0.2, -0.15) is 0 Å². The average molecular weight is 310 g/mol. The van der Waals surface area contributed by atoms with E-state index in [4.69, 9.17) is 18.5 Å². The van der Waals surface area contributed by atoms with E-state index in [2.05, 4.69) is 0 Å². The van der Waals surface area contributed by atoms with Crippen LogP contribution < -0.4 is 0 Å². The molecule has 0 radical (unpaired) electrons. The summed E-state index contributed by atoms with van der Waals surface area (Å²) in [4.78, 5) is 23.5. The summed E-state index contributed by atoms with van der Waals surface area (Å²) in [5.74, 6) is -1.43. The van der Waals surface area contributed by atoms with Gasteiger partial charge in [-0.3, -0.25) is 14.2 Å². The van der Waals surface area contributed by atoms with E-state index in [1.807, 2.05) is 0 Å². The van der Waals surface area contributed by atoms with E-state index in [9.17, 15) is 14.2 Å². The molecular weight excluding hydrogens is 287 g/mol. The maximum atomic E-state index is 12.6.